The first-order valence-corrected chi connectivity index (χ1v) is 9.67. The lowest BCUT2D eigenvalue weighted by Crippen LogP contribution is -2.39. The van der Waals surface area contributed by atoms with Crippen molar-refractivity contribution in [3.05, 3.63) is 23.9 Å². The number of nitrogens with zero attached hydrogens (tertiary/aromatic N) is 2. The fraction of sp³-hybridized carbons (Fsp3) is 0.571. The molecule has 1 atom stereocenters. The summed E-state index contributed by atoms with van der Waals surface area (Å²) >= 11 is 1.61. The van der Waals surface area contributed by atoms with E-state index in [1.807, 2.05) is 13.0 Å². The van der Waals surface area contributed by atoms with Gasteiger partial charge in [-0.15, -0.1) is 11.8 Å². The lowest BCUT2D eigenvalue weighted by Gasteiger charge is -2.24. The molecule has 0 aromatic carbocycles. The molecular formula is C14H22N2O3S2. The van der Waals surface area contributed by atoms with Gasteiger partial charge < -0.3 is 4.90 Å². The summed E-state index contributed by atoms with van der Waals surface area (Å²) in [7, 11) is -1.49. The van der Waals surface area contributed by atoms with Crippen molar-refractivity contribution in [2.24, 2.45) is 0 Å². The lowest BCUT2D eigenvalue weighted by atomic mass is 10.2. The van der Waals surface area contributed by atoms with Crippen LogP contribution in [-0.4, -0.2) is 54.6 Å². The second kappa shape index (κ2) is 7.79. The van der Waals surface area contributed by atoms with Crippen molar-refractivity contribution in [1.29, 1.82) is 0 Å². The average molecular weight is 330 g/mol. The van der Waals surface area contributed by atoms with E-state index in [4.69, 9.17) is 0 Å². The Hall–Kier alpha value is -1.08. The van der Waals surface area contributed by atoms with Crippen molar-refractivity contribution in [3.63, 3.8) is 0 Å². The number of rotatable bonds is 7. The van der Waals surface area contributed by atoms with Crippen LogP contribution in [0.1, 0.15) is 31.1 Å². The van der Waals surface area contributed by atoms with Crippen LogP contribution in [0, 0.1) is 0 Å². The zero-order valence-corrected chi connectivity index (χ0v) is 14.5. The minimum atomic E-state index is -3.11. The van der Waals surface area contributed by atoms with Gasteiger partial charge in [-0.2, -0.15) is 0 Å². The summed E-state index contributed by atoms with van der Waals surface area (Å²) in [6, 6.07) is 3.17. The SMILES string of the molecule is CCSc1ccc(C(=O)N(C)[C@H](C)CS(=O)(=O)CC)cn1. The molecule has 1 rings (SSSR count). The summed E-state index contributed by atoms with van der Waals surface area (Å²) in [4.78, 5) is 18.0. The van der Waals surface area contributed by atoms with E-state index in [1.54, 1.807) is 38.7 Å². The van der Waals surface area contributed by atoms with Crippen molar-refractivity contribution in [1.82, 2.24) is 9.88 Å². The van der Waals surface area contributed by atoms with Crippen LogP contribution >= 0.6 is 11.8 Å². The summed E-state index contributed by atoms with van der Waals surface area (Å²) in [6.07, 6.45) is 1.54. The largest absolute Gasteiger partial charge is 0.338 e. The zero-order chi connectivity index (χ0) is 16.0. The molecule has 118 valence electrons. The normalized spacial score (nSPS) is 13.0. The first-order valence-electron chi connectivity index (χ1n) is 6.87. The Kier molecular flexibility index (Phi) is 6.67. The summed E-state index contributed by atoms with van der Waals surface area (Å²) in [5.41, 5.74) is 0.471. The lowest BCUT2D eigenvalue weighted by molar-refractivity contribution is 0.0756. The van der Waals surface area contributed by atoms with Crippen molar-refractivity contribution in [2.45, 2.75) is 31.8 Å². The Bertz CT molecular complexity index is 570. The fourth-order valence-corrected chi connectivity index (χ4v) is 3.52. The van der Waals surface area contributed by atoms with Gasteiger partial charge in [-0.1, -0.05) is 13.8 Å². The molecule has 0 saturated heterocycles. The van der Waals surface area contributed by atoms with Crippen molar-refractivity contribution in [3.8, 4) is 0 Å². The quantitative estimate of drug-likeness (QED) is 0.716. The number of carbonyl (C=O) groups excluding carboxylic acids is 1. The first kappa shape index (κ1) is 18.0. The molecule has 7 heteroatoms. The molecular weight excluding hydrogens is 308 g/mol. The summed E-state index contributed by atoms with van der Waals surface area (Å²) in [5, 5.41) is 0.873. The highest BCUT2D eigenvalue weighted by molar-refractivity contribution is 7.99. The molecule has 1 aromatic heterocycles. The van der Waals surface area contributed by atoms with Gasteiger partial charge in [-0.05, 0) is 24.8 Å². The molecule has 0 N–H and O–H groups in total. The monoisotopic (exact) mass is 330 g/mol. The number of sulfone groups is 1. The second-order valence-corrected chi connectivity index (χ2v) is 8.46. The molecule has 0 aliphatic heterocycles. The van der Waals surface area contributed by atoms with Crippen LogP contribution in [-0.2, 0) is 9.84 Å². The average Bonchev–Trinajstić information content (AvgIpc) is 2.46. The molecule has 0 radical (unpaired) electrons. The number of pyridine rings is 1. The van der Waals surface area contributed by atoms with E-state index < -0.39 is 9.84 Å². The summed E-state index contributed by atoms with van der Waals surface area (Å²) in [5.74, 6) is 0.771. The minimum absolute atomic E-state index is 0.0249. The zero-order valence-electron chi connectivity index (χ0n) is 12.9. The van der Waals surface area contributed by atoms with Gasteiger partial charge in [0.15, 0.2) is 9.84 Å². The van der Waals surface area contributed by atoms with Crippen LogP contribution in [0.2, 0.25) is 0 Å². The maximum atomic E-state index is 12.3. The minimum Gasteiger partial charge on any atom is -0.338 e. The summed E-state index contributed by atoms with van der Waals surface area (Å²) < 4.78 is 23.3. The molecule has 1 aromatic rings. The van der Waals surface area contributed by atoms with E-state index in [0.717, 1.165) is 10.8 Å². The van der Waals surface area contributed by atoms with Crippen LogP contribution in [0.3, 0.4) is 0 Å². The number of amides is 1. The van der Waals surface area contributed by atoms with Crippen LogP contribution in [0.25, 0.3) is 0 Å². The van der Waals surface area contributed by atoms with E-state index in [1.165, 1.54) is 11.1 Å². The molecule has 0 aliphatic carbocycles. The topological polar surface area (TPSA) is 67.3 Å². The van der Waals surface area contributed by atoms with Crippen LogP contribution in [0.4, 0.5) is 0 Å². The van der Waals surface area contributed by atoms with Gasteiger partial charge >= 0.3 is 0 Å². The number of hydrogen-bond acceptors (Lipinski definition) is 5. The van der Waals surface area contributed by atoms with Gasteiger partial charge in [0, 0.05) is 25.0 Å². The molecule has 5 nitrogen and oxygen atoms in total. The molecule has 1 heterocycles. The van der Waals surface area contributed by atoms with Crippen LogP contribution < -0.4 is 0 Å². The van der Waals surface area contributed by atoms with E-state index >= 15 is 0 Å². The Balaban J connectivity index is 2.77. The highest BCUT2D eigenvalue weighted by Gasteiger charge is 2.22. The van der Waals surface area contributed by atoms with E-state index in [0.29, 0.717) is 5.56 Å². The van der Waals surface area contributed by atoms with E-state index in [-0.39, 0.29) is 23.5 Å². The maximum absolute atomic E-state index is 12.3. The standard InChI is InChI=1S/C14H22N2O3S2/c1-5-20-13-8-7-12(9-15-13)14(17)16(4)11(3)10-21(18,19)6-2/h7-9,11H,5-6,10H2,1-4H3/t11-/m1/s1. The van der Waals surface area contributed by atoms with E-state index in [2.05, 4.69) is 4.98 Å². The number of aromatic nitrogens is 1. The van der Waals surface area contributed by atoms with Gasteiger partial charge in [0.05, 0.1) is 16.3 Å². The highest BCUT2D eigenvalue weighted by Crippen LogP contribution is 2.15. The Labute approximate surface area is 131 Å². The molecule has 1 amide bonds. The Morgan fingerprint density at radius 2 is 2.05 bits per heavy atom. The van der Waals surface area contributed by atoms with Crippen LogP contribution in [0.15, 0.2) is 23.4 Å². The fourth-order valence-electron chi connectivity index (χ4n) is 1.74. The van der Waals surface area contributed by atoms with E-state index in [9.17, 15) is 13.2 Å². The van der Waals surface area contributed by atoms with Gasteiger partial charge in [-0.25, -0.2) is 13.4 Å². The van der Waals surface area contributed by atoms with Gasteiger partial charge in [0.25, 0.3) is 5.91 Å². The molecule has 0 spiro atoms. The smallest absolute Gasteiger partial charge is 0.255 e. The van der Waals surface area contributed by atoms with Crippen molar-refractivity contribution in [2.75, 3.05) is 24.3 Å². The first-order chi connectivity index (χ1) is 9.80. The molecule has 0 bridgehead atoms. The van der Waals surface area contributed by atoms with Gasteiger partial charge in [0.1, 0.15) is 0 Å². The maximum Gasteiger partial charge on any atom is 0.255 e. The third-order valence-electron chi connectivity index (χ3n) is 3.19. The second-order valence-electron chi connectivity index (χ2n) is 4.78. The molecule has 0 fully saturated rings. The third-order valence-corrected chi connectivity index (χ3v) is 5.89. The Morgan fingerprint density at radius 3 is 2.52 bits per heavy atom. The predicted octanol–water partition coefficient (Wildman–Crippen LogP) is 2.09. The summed E-state index contributed by atoms with van der Waals surface area (Å²) in [6.45, 7) is 5.38. The van der Waals surface area contributed by atoms with Crippen LogP contribution in [0.5, 0.6) is 0 Å². The van der Waals surface area contributed by atoms with Crippen molar-refractivity contribution >= 4 is 27.5 Å². The third kappa shape index (κ3) is 5.32. The molecule has 0 aliphatic rings. The Morgan fingerprint density at radius 1 is 1.38 bits per heavy atom. The molecule has 0 unspecified atom stereocenters. The van der Waals surface area contributed by atoms with Gasteiger partial charge in [0.2, 0.25) is 0 Å². The predicted molar refractivity (Wildman–Crippen MR) is 86.5 cm³/mol. The highest BCUT2D eigenvalue weighted by atomic mass is 32.2. The number of thioether (sulfide) groups is 1. The van der Waals surface area contributed by atoms with Crippen molar-refractivity contribution < 1.29 is 13.2 Å². The molecule has 0 saturated carbocycles. The number of hydrogen-bond donors (Lipinski definition) is 0. The van der Waals surface area contributed by atoms with Gasteiger partial charge in [-0.3, -0.25) is 4.79 Å². The molecule has 21 heavy (non-hydrogen) atoms. The number of carbonyl (C=O) groups is 1.